The predicted molar refractivity (Wildman–Crippen MR) is 152 cm³/mol. The molecule has 0 radical (unpaired) electrons. The number of carbonyl (C=O) groups is 4. The Hall–Kier alpha value is -2.43. The molecule has 9 heteroatoms. The minimum absolute atomic E-state index is 0.112. The van der Waals surface area contributed by atoms with Crippen molar-refractivity contribution in [2.75, 3.05) is 26.4 Å². The van der Waals surface area contributed by atoms with Crippen LogP contribution in [0, 0.1) is 14.4 Å². The zero-order chi connectivity index (χ0) is 28.6. The van der Waals surface area contributed by atoms with Gasteiger partial charge in [0.25, 0.3) is 0 Å². The Bertz CT molecular complexity index is 906. The van der Waals surface area contributed by atoms with Crippen molar-refractivity contribution < 1.29 is 38.1 Å². The third-order valence-electron chi connectivity index (χ3n) is 6.35. The van der Waals surface area contributed by atoms with Crippen molar-refractivity contribution >= 4 is 46.5 Å². The van der Waals surface area contributed by atoms with E-state index in [9.17, 15) is 19.2 Å². The quantitative estimate of drug-likeness (QED) is 0.0509. The molecular formula is C29H41IO8. The van der Waals surface area contributed by atoms with Gasteiger partial charge in [0, 0.05) is 9.99 Å². The highest BCUT2D eigenvalue weighted by atomic mass is 127. The van der Waals surface area contributed by atoms with E-state index < -0.39 is 34.7 Å². The van der Waals surface area contributed by atoms with Crippen molar-refractivity contribution in [2.24, 2.45) is 10.8 Å². The largest absolute Gasteiger partial charge is 0.465 e. The van der Waals surface area contributed by atoms with Gasteiger partial charge in [0.05, 0.1) is 26.4 Å². The summed E-state index contributed by atoms with van der Waals surface area (Å²) in [5.41, 5.74) is -2.23. The number of hydrogen-bond acceptors (Lipinski definition) is 8. The first-order chi connectivity index (χ1) is 18.2. The van der Waals surface area contributed by atoms with Crippen LogP contribution in [0.2, 0.25) is 0 Å². The van der Waals surface area contributed by atoms with Crippen molar-refractivity contribution in [3.63, 3.8) is 0 Å². The summed E-state index contributed by atoms with van der Waals surface area (Å²) >= 11 is 2.17. The van der Waals surface area contributed by atoms with Crippen molar-refractivity contribution in [3.8, 4) is 0 Å². The molecule has 8 nitrogen and oxygen atoms in total. The summed E-state index contributed by atoms with van der Waals surface area (Å²) in [6.45, 7) is 10.9. The van der Waals surface area contributed by atoms with E-state index in [-0.39, 0.29) is 52.1 Å². The zero-order valence-electron chi connectivity index (χ0n) is 23.0. The standard InChI is InChI=1S/C29H41IO8/c1-6-11-18-28(24(31)35-7-2,25(32)36-8-3)19-14-15-20-29(26(33)37-9-4,27(34)38-10-5)21-22-16-12-13-17-23(22)30/h6,12-13,16-17H,1,7-11,14-15,18-21H2,2-5H3. The number of hydrogen-bond donors (Lipinski definition) is 0. The SMILES string of the molecule is C=CCCC(CCCCC(Cc1ccccc1I)(C(=O)OCC)C(=O)OCC)(C(=O)OCC)C(=O)OCC. The minimum atomic E-state index is -1.56. The van der Waals surface area contributed by atoms with Crippen LogP contribution in [-0.4, -0.2) is 50.3 Å². The van der Waals surface area contributed by atoms with Crippen molar-refractivity contribution in [2.45, 2.75) is 72.6 Å². The Kier molecular flexibility index (Phi) is 15.2. The lowest BCUT2D eigenvalue weighted by Crippen LogP contribution is -2.44. The van der Waals surface area contributed by atoms with Gasteiger partial charge in [-0.3, -0.25) is 19.2 Å². The van der Waals surface area contributed by atoms with Crippen LogP contribution in [0.5, 0.6) is 0 Å². The second kappa shape index (κ2) is 17.2. The Morgan fingerprint density at radius 2 is 1.16 bits per heavy atom. The Balaban J connectivity index is 3.34. The molecule has 1 aromatic rings. The number of carbonyl (C=O) groups excluding carboxylic acids is 4. The summed E-state index contributed by atoms with van der Waals surface area (Å²) in [5, 5.41) is 0. The van der Waals surface area contributed by atoms with Crippen LogP contribution in [0.3, 0.4) is 0 Å². The van der Waals surface area contributed by atoms with Crippen LogP contribution >= 0.6 is 22.6 Å². The predicted octanol–water partition coefficient (Wildman–Crippen LogP) is 5.59. The van der Waals surface area contributed by atoms with Gasteiger partial charge in [0.15, 0.2) is 10.8 Å². The fourth-order valence-electron chi connectivity index (χ4n) is 4.38. The normalized spacial score (nSPS) is 11.4. The van der Waals surface area contributed by atoms with E-state index in [1.54, 1.807) is 33.8 Å². The van der Waals surface area contributed by atoms with Crippen LogP contribution in [0.1, 0.15) is 71.8 Å². The molecule has 0 bridgehead atoms. The molecule has 0 atom stereocenters. The number of allylic oxidation sites excluding steroid dienone is 1. The number of unbranched alkanes of at least 4 members (excludes halogenated alkanes) is 1. The second-order valence-electron chi connectivity index (χ2n) is 8.85. The molecule has 212 valence electrons. The van der Waals surface area contributed by atoms with Gasteiger partial charge in [-0.2, -0.15) is 0 Å². The average Bonchev–Trinajstić information content (AvgIpc) is 2.89. The van der Waals surface area contributed by atoms with Crippen LogP contribution in [0.4, 0.5) is 0 Å². The molecule has 0 saturated carbocycles. The van der Waals surface area contributed by atoms with Crippen LogP contribution < -0.4 is 0 Å². The van der Waals surface area contributed by atoms with Crippen LogP contribution in [0.15, 0.2) is 36.9 Å². The molecule has 0 aromatic heterocycles. The molecule has 0 N–H and O–H groups in total. The number of rotatable bonds is 18. The molecule has 0 unspecified atom stereocenters. The maximum absolute atomic E-state index is 13.3. The lowest BCUT2D eigenvalue weighted by molar-refractivity contribution is -0.176. The van der Waals surface area contributed by atoms with Gasteiger partial charge in [0.1, 0.15) is 0 Å². The topological polar surface area (TPSA) is 105 Å². The fraction of sp³-hybridized carbons (Fsp3) is 0.586. The van der Waals surface area contributed by atoms with E-state index in [0.29, 0.717) is 19.3 Å². The maximum Gasteiger partial charge on any atom is 0.323 e. The summed E-state index contributed by atoms with van der Waals surface area (Å²) in [6.07, 6.45) is 3.35. The molecule has 1 aromatic carbocycles. The average molecular weight is 645 g/mol. The van der Waals surface area contributed by atoms with E-state index in [1.165, 1.54) is 0 Å². The van der Waals surface area contributed by atoms with Gasteiger partial charge in [-0.1, -0.05) is 37.1 Å². The maximum atomic E-state index is 13.3. The molecule has 0 saturated heterocycles. The smallest absolute Gasteiger partial charge is 0.323 e. The van der Waals surface area contributed by atoms with E-state index in [2.05, 4.69) is 29.2 Å². The number of halogens is 1. The molecule has 0 aliphatic rings. The van der Waals surface area contributed by atoms with Gasteiger partial charge in [-0.05, 0) is 87.6 Å². The summed E-state index contributed by atoms with van der Waals surface area (Å²) < 4.78 is 22.2. The van der Waals surface area contributed by atoms with E-state index in [1.807, 2.05) is 24.3 Å². The van der Waals surface area contributed by atoms with Gasteiger partial charge >= 0.3 is 23.9 Å². The lowest BCUT2D eigenvalue weighted by Gasteiger charge is -2.31. The highest BCUT2D eigenvalue weighted by Gasteiger charge is 2.50. The molecule has 38 heavy (non-hydrogen) atoms. The van der Waals surface area contributed by atoms with Gasteiger partial charge < -0.3 is 18.9 Å². The van der Waals surface area contributed by atoms with Crippen molar-refractivity contribution in [3.05, 3.63) is 46.1 Å². The number of esters is 4. The first-order valence-corrected chi connectivity index (χ1v) is 14.3. The number of ether oxygens (including phenoxy) is 4. The molecular weight excluding hydrogens is 603 g/mol. The summed E-state index contributed by atoms with van der Waals surface area (Å²) in [5.74, 6) is -2.57. The van der Waals surface area contributed by atoms with E-state index in [0.717, 1.165) is 9.13 Å². The summed E-state index contributed by atoms with van der Waals surface area (Å²) in [7, 11) is 0. The molecule has 0 aliphatic heterocycles. The Labute approximate surface area is 239 Å². The van der Waals surface area contributed by atoms with E-state index in [4.69, 9.17) is 18.9 Å². The molecule has 1 rings (SSSR count). The van der Waals surface area contributed by atoms with E-state index >= 15 is 0 Å². The molecule has 0 fully saturated rings. The van der Waals surface area contributed by atoms with Crippen molar-refractivity contribution in [1.29, 1.82) is 0 Å². The summed E-state index contributed by atoms with van der Waals surface area (Å²) in [6, 6.07) is 7.51. The zero-order valence-corrected chi connectivity index (χ0v) is 25.2. The highest BCUT2D eigenvalue weighted by molar-refractivity contribution is 14.1. The first kappa shape index (κ1) is 33.6. The molecule has 0 amide bonds. The highest BCUT2D eigenvalue weighted by Crippen LogP contribution is 2.38. The van der Waals surface area contributed by atoms with Crippen LogP contribution in [0.25, 0.3) is 0 Å². The third-order valence-corrected chi connectivity index (χ3v) is 7.40. The fourth-order valence-corrected chi connectivity index (χ4v) is 4.96. The van der Waals surface area contributed by atoms with Gasteiger partial charge in [-0.25, -0.2) is 0 Å². The Morgan fingerprint density at radius 3 is 1.58 bits per heavy atom. The molecule has 0 heterocycles. The molecule has 0 spiro atoms. The molecule has 0 aliphatic carbocycles. The lowest BCUT2D eigenvalue weighted by atomic mass is 9.74. The third kappa shape index (κ3) is 8.81. The summed E-state index contributed by atoms with van der Waals surface area (Å²) in [4.78, 5) is 52.7. The van der Waals surface area contributed by atoms with Gasteiger partial charge in [-0.15, -0.1) is 6.58 Å². The second-order valence-corrected chi connectivity index (χ2v) is 10.0. The first-order valence-electron chi connectivity index (χ1n) is 13.2. The van der Waals surface area contributed by atoms with Crippen molar-refractivity contribution in [1.82, 2.24) is 0 Å². The minimum Gasteiger partial charge on any atom is -0.465 e. The number of benzene rings is 1. The monoisotopic (exact) mass is 644 g/mol. The van der Waals surface area contributed by atoms with Crippen LogP contribution in [-0.2, 0) is 44.5 Å². The van der Waals surface area contributed by atoms with Gasteiger partial charge in [0.2, 0.25) is 0 Å². The Morgan fingerprint density at radius 1 is 0.737 bits per heavy atom.